The third-order valence-corrected chi connectivity index (χ3v) is 3.90. The van der Waals surface area contributed by atoms with Crippen LogP contribution < -0.4 is 37.6 Å². The molecule has 0 aliphatic carbocycles. The van der Waals surface area contributed by atoms with E-state index in [-0.39, 0.29) is 6.79 Å². The highest BCUT2D eigenvalue weighted by Crippen LogP contribution is 2.41. The summed E-state index contributed by atoms with van der Waals surface area (Å²) < 4.78 is 61.9. The lowest BCUT2D eigenvalue weighted by molar-refractivity contribution is -2.00. The summed E-state index contributed by atoms with van der Waals surface area (Å²) in [6.07, 6.45) is 0. The molecular formula is C19H17ClO9. The van der Waals surface area contributed by atoms with Crippen LogP contribution in [0.5, 0.6) is 23.0 Å². The van der Waals surface area contributed by atoms with E-state index in [1.165, 1.54) is 0 Å². The van der Waals surface area contributed by atoms with E-state index in [0.29, 0.717) is 29.4 Å². The van der Waals surface area contributed by atoms with Gasteiger partial charge in [-0.1, -0.05) is 0 Å². The predicted octanol–water partition coefficient (Wildman–Crippen LogP) is -0.239. The summed E-state index contributed by atoms with van der Waals surface area (Å²) >= 11 is 0. The van der Waals surface area contributed by atoms with Gasteiger partial charge in [0.1, 0.15) is 16.9 Å². The Labute approximate surface area is 168 Å². The largest absolute Gasteiger partial charge is 0.497 e. The maximum Gasteiger partial charge on any atom is 0.368 e. The summed E-state index contributed by atoms with van der Waals surface area (Å²) in [5.74, 6) is 3.65. The van der Waals surface area contributed by atoms with Crippen molar-refractivity contribution in [1.82, 2.24) is 0 Å². The third kappa shape index (κ3) is 5.37. The highest BCUT2D eigenvalue weighted by molar-refractivity contribution is 5.88. The normalized spacial score (nSPS) is 12.3. The molecular weight excluding hydrogens is 408 g/mol. The minimum atomic E-state index is -4.94. The Kier molecular flexibility index (Phi) is 6.26. The summed E-state index contributed by atoms with van der Waals surface area (Å²) in [5, 5.41) is 0.860. The van der Waals surface area contributed by atoms with Crippen molar-refractivity contribution < 1.29 is 52.2 Å². The number of hydrogen-bond acceptors (Lipinski definition) is 8. The lowest BCUT2D eigenvalue weighted by Crippen LogP contribution is -2.68. The molecule has 0 saturated heterocycles. The Hall–Kier alpha value is -2.82. The van der Waals surface area contributed by atoms with Gasteiger partial charge in [-0.15, -0.1) is 10.2 Å². The second kappa shape index (κ2) is 8.68. The monoisotopic (exact) mass is 424 g/mol. The molecule has 4 rings (SSSR count). The molecule has 1 aromatic heterocycles. The van der Waals surface area contributed by atoms with Gasteiger partial charge in [-0.25, -0.2) is 23.1 Å². The van der Waals surface area contributed by atoms with Gasteiger partial charge in [-0.3, -0.25) is 0 Å². The molecule has 2 heterocycles. The maximum absolute atomic E-state index is 8.49. The molecule has 0 amide bonds. The van der Waals surface area contributed by atoms with E-state index in [1.54, 1.807) is 7.11 Å². The van der Waals surface area contributed by atoms with Crippen molar-refractivity contribution in [2.45, 2.75) is 6.92 Å². The fourth-order valence-corrected chi connectivity index (χ4v) is 2.72. The van der Waals surface area contributed by atoms with Crippen molar-refractivity contribution in [3.05, 3.63) is 42.5 Å². The topological polar surface area (TPSA) is 140 Å². The number of methoxy groups -OCH3 is 1. The summed E-state index contributed by atoms with van der Waals surface area (Å²) in [6.45, 7) is 2.74. The minimum absolute atomic E-state index is 0.223. The van der Waals surface area contributed by atoms with Crippen LogP contribution in [-0.4, -0.2) is 20.5 Å². The van der Waals surface area contributed by atoms with E-state index >= 15 is 0 Å². The summed E-state index contributed by atoms with van der Waals surface area (Å²) in [6, 6.07) is 13.3. The Morgan fingerprint density at radius 1 is 1.00 bits per heavy atom. The first-order chi connectivity index (χ1) is 13.8. The lowest BCUT2D eigenvalue weighted by atomic mass is 10.1. The van der Waals surface area contributed by atoms with Gasteiger partial charge < -0.3 is 18.9 Å². The molecule has 0 bridgehead atoms. The Balaban J connectivity index is 0.000000431. The van der Waals surface area contributed by atoms with E-state index in [2.05, 4.69) is 0 Å². The van der Waals surface area contributed by atoms with E-state index in [0.717, 1.165) is 22.4 Å². The minimum Gasteiger partial charge on any atom is -0.497 e. The van der Waals surface area contributed by atoms with Crippen LogP contribution in [0.4, 0.5) is 0 Å². The average molecular weight is 425 g/mol. The molecule has 1 aliphatic heterocycles. The van der Waals surface area contributed by atoms with E-state index < -0.39 is 10.2 Å². The van der Waals surface area contributed by atoms with Crippen LogP contribution in [0, 0.1) is 10.2 Å². The fourth-order valence-electron chi connectivity index (χ4n) is 2.72. The summed E-state index contributed by atoms with van der Waals surface area (Å²) in [5.41, 5.74) is 1.63. The molecule has 0 unspecified atom stereocenters. The maximum atomic E-state index is 8.49. The average Bonchev–Trinajstić information content (AvgIpc) is 3.12. The van der Waals surface area contributed by atoms with Gasteiger partial charge in [-0.05, 0) is 31.2 Å². The molecule has 10 heteroatoms. The number of benzene rings is 2. The zero-order valence-electron chi connectivity index (χ0n) is 15.5. The van der Waals surface area contributed by atoms with Gasteiger partial charge in [0.15, 0.2) is 11.5 Å². The van der Waals surface area contributed by atoms with E-state index in [4.69, 9.17) is 42.0 Å². The van der Waals surface area contributed by atoms with Gasteiger partial charge in [0.25, 0.3) is 0 Å². The molecule has 0 spiro atoms. The molecule has 0 N–H and O–H groups in total. The quantitative estimate of drug-likeness (QED) is 0.519. The molecule has 154 valence electrons. The number of hydrogen-bond donors (Lipinski definition) is 0. The van der Waals surface area contributed by atoms with Crippen molar-refractivity contribution in [1.29, 1.82) is 0 Å². The van der Waals surface area contributed by atoms with Gasteiger partial charge in [0.2, 0.25) is 6.79 Å². The van der Waals surface area contributed by atoms with E-state index in [1.807, 2.05) is 49.4 Å². The smallest absolute Gasteiger partial charge is 0.368 e. The summed E-state index contributed by atoms with van der Waals surface area (Å²) in [4.78, 5) is 0. The molecule has 9 nitrogen and oxygen atoms in total. The lowest BCUT2D eigenvalue weighted by Gasteiger charge is -2.17. The van der Waals surface area contributed by atoms with Crippen LogP contribution in [0.2, 0.25) is 0 Å². The van der Waals surface area contributed by atoms with Crippen LogP contribution in [-0.2, 0) is 0 Å². The summed E-state index contributed by atoms with van der Waals surface area (Å²) in [7, 11) is -3.30. The van der Waals surface area contributed by atoms with Crippen molar-refractivity contribution in [3.8, 4) is 34.3 Å². The number of fused-ring (bicyclic) bond motifs is 2. The first kappa shape index (κ1) is 20.9. The highest BCUT2D eigenvalue weighted by atomic mass is 35.7. The van der Waals surface area contributed by atoms with Gasteiger partial charge in [0, 0.05) is 6.07 Å². The van der Waals surface area contributed by atoms with Crippen LogP contribution in [0.25, 0.3) is 22.3 Å². The fraction of sp³-hybridized carbons (Fsp3) is 0.211. The highest BCUT2D eigenvalue weighted by Gasteiger charge is 2.25. The first-order valence-electron chi connectivity index (χ1n) is 8.38. The molecule has 3 aromatic rings. The van der Waals surface area contributed by atoms with E-state index in [9.17, 15) is 0 Å². The molecule has 0 radical (unpaired) electrons. The van der Waals surface area contributed by atoms with Crippen LogP contribution in [0.3, 0.4) is 0 Å². The third-order valence-electron chi connectivity index (χ3n) is 3.90. The van der Waals surface area contributed by atoms with Crippen molar-refractivity contribution in [3.63, 3.8) is 0 Å². The molecule has 29 heavy (non-hydrogen) atoms. The number of ether oxygens (including phenoxy) is 4. The SMILES string of the molecule is CCOc1cc(-c2ccc(OC)cc2)[o+]c2cc3c(cc12)OCO3.[O-][Cl+3]([O-])([O-])[O-]. The first-order valence-corrected chi connectivity index (χ1v) is 9.61. The van der Waals surface area contributed by atoms with Gasteiger partial charge in [0.05, 0.1) is 31.4 Å². The van der Waals surface area contributed by atoms with Gasteiger partial charge >= 0.3 is 11.3 Å². The standard InChI is InChI=1S/C19H17O5.ClHO4/c1-3-21-16-9-15(12-4-6-13(20-2)7-5-12)24-17-10-19-18(8-14(16)17)22-11-23-19;2-1(3,4)5/h4-10H,3,11H2,1-2H3;(H,2,3,4,5)/q+1;/p-1. The Bertz CT molecular complexity index is 978. The second-order valence-electron chi connectivity index (χ2n) is 5.72. The van der Waals surface area contributed by atoms with Crippen molar-refractivity contribution >= 4 is 11.0 Å². The molecule has 0 atom stereocenters. The van der Waals surface area contributed by atoms with Crippen LogP contribution >= 0.6 is 0 Å². The molecule has 2 aromatic carbocycles. The Morgan fingerprint density at radius 3 is 2.21 bits per heavy atom. The van der Waals surface area contributed by atoms with Crippen molar-refractivity contribution in [2.24, 2.45) is 0 Å². The van der Waals surface area contributed by atoms with Crippen molar-refractivity contribution in [2.75, 3.05) is 20.5 Å². The number of halogens is 1. The van der Waals surface area contributed by atoms with Crippen LogP contribution in [0.1, 0.15) is 6.92 Å². The zero-order valence-corrected chi connectivity index (χ0v) is 16.3. The molecule has 0 fully saturated rings. The molecule has 0 saturated carbocycles. The second-order valence-corrected chi connectivity index (χ2v) is 6.47. The number of rotatable bonds is 4. The Morgan fingerprint density at radius 2 is 1.62 bits per heavy atom. The van der Waals surface area contributed by atoms with Gasteiger partial charge in [-0.2, -0.15) is 0 Å². The zero-order chi connectivity index (χ0) is 21.0. The van der Waals surface area contributed by atoms with Crippen LogP contribution in [0.15, 0.2) is 46.9 Å². The molecule has 1 aliphatic rings. The predicted molar refractivity (Wildman–Crippen MR) is 89.9 cm³/mol.